The summed E-state index contributed by atoms with van der Waals surface area (Å²) < 4.78 is 7.10. The monoisotopic (exact) mass is 360 g/mol. The number of rotatable bonds is 4. The van der Waals surface area contributed by atoms with E-state index in [1.807, 2.05) is 0 Å². The van der Waals surface area contributed by atoms with Gasteiger partial charge in [0.25, 0.3) is 0 Å². The normalized spacial score (nSPS) is 20.9. The number of benzene rings is 3. The number of hydrogen-bond acceptors (Lipinski definition) is 1. The standard InChI is InChI=1S/C24H28OSi/c1-18(2)26(17-9-13-21-11-5-7-16-24(21)26)25-19(3)22-15-8-12-20-10-4-6-14-23(20)22/h4-8,10-12,14-16,18-19H,9,13,17H2,1-3H3/t19-,26-/m0/s1. The highest BCUT2D eigenvalue weighted by molar-refractivity contribution is 6.88. The van der Waals surface area contributed by atoms with Crippen molar-refractivity contribution in [2.24, 2.45) is 0 Å². The summed E-state index contributed by atoms with van der Waals surface area (Å²) in [6, 6.07) is 25.5. The number of hydrogen-bond donors (Lipinski definition) is 0. The van der Waals surface area contributed by atoms with E-state index in [0.29, 0.717) is 5.54 Å². The summed E-state index contributed by atoms with van der Waals surface area (Å²) in [5, 5.41) is 4.15. The molecule has 0 unspecified atom stereocenters. The van der Waals surface area contributed by atoms with E-state index in [1.165, 1.54) is 46.0 Å². The zero-order valence-corrected chi connectivity index (χ0v) is 17.0. The Morgan fingerprint density at radius 1 is 0.846 bits per heavy atom. The van der Waals surface area contributed by atoms with Gasteiger partial charge in [-0.1, -0.05) is 80.6 Å². The molecular formula is C24H28OSi. The molecule has 0 saturated heterocycles. The molecule has 134 valence electrons. The first-order chi connectivity index (χ1) is 12.6. The Morgan fingerprint density at radius 2 is 1.58 bits per heavy atom. The second-order valence-corrected chi connectivity index (χ2v) is 12.1. The fourth-order valence-electron chi connectivity index (χ4n) is 4.67. The Bertz CT molecular complexity index is 911. The van der Waals surface area contributed by atoms with Gasteiger partial charge in [-0.3, -0.25) is 0 Å². The molecule has 0 bridgehead atoms. The van der Waals surface area contributed by atoms with Gasteiger partial charge in [-0.2, -0.15) is 0 Å². The van der Waals surface area contributed by atoms with E-state index in [0.717, 1.165) is 0 Å². The lowest BCUT2D eigenvalue weighted by atomic mass is 10.0. The van der Waals surface area contributed by atoms with Crippen LogP contribution in [0.25, 0.3) is 10.8 Å². The van der Waals surface area contributed by atoms with Crippen molar-refractivity contribution < 1.29 is 4.43 Å². The molecule has 0 N–H and O–H groups in total. The van der Waals surface area contributed by atoms with E-state index in [2.05, 4.69) is 87.5 Å². The summed E-state index contributed by atoms with van der Waals surface area (Å²) in [6.45, 7) is 6.98. The van der Waals surface area contributed by atoms with E-state index in [1.54, 1.807) is 0 Å². The molecule has 1 heterocycles. The largest absolute Gasteiger partial charge is 0.405 e. The Labute approximate surface area is 158 Å². The first kappa shape index (κ1) is 17.5. The molecule has 0 saturated carbocycles. The fourth-order valence-corrected chi connectivity index (χ4v) is 9.25. The maximum Gasteiger partial charge on any atom is 0.227 e. The minimum absolute atomic E-state index is 0.112. The van der Waals surface area contributed by atoms with Crippen LogP contribution in [0.15, 0.2) is 66.7 Å². The second kappa shape index (κ2) is 7.01. The van der Waals surface area contributed by atoms with Crippen LogP contribution in [-0.4, -0.2) is 8.32 Å². The quantitative estimate of drug-likeness (QED) is 0.509. The van der Waals surface area contributed by atoms with E-state index in [4.69, 9.17) is 4.43 Å². The van der Waals surface area contributed by atoms with Gasteiger partial charge in [0, 0.05) is 0 Å². The van der Waals surface area contributed by atoms with Crippen molar-refractivity contribution in [1.82, 2.24) is 0 Å². The van der Waals surface area contributed by atoms with Crippen LogP contribution in [0.1, 0.15) is 44.4 Å². The fraction of sp³-hybridized carbons (Fsp3) is 0.333. The minimum atomic E-state index is -2.01. The Morgan fingerprint density at radius 3 is 2.42 bits per heavy atom. The molecule has 2 heteroatoms. The lowest BCUT2D eigenvalue weighted by Gasteiger charge is -2.42. The molecule has 2 atom stereocenters. The first-order valence-corrected chi connectivity index (χ1v) is 12.0. The van der Waals surface area contributed by atoms with Crippen LogP contribution >= 0.6 is 0 Å². The van der Waals surface area contributed by atoms with Crippen molar-refractivity contribution in [2.75, 3.05) is 0 Å². The van der Waals surface area contributed by atoms with Gasteiger partial charge in [-0.15, -0.1) is 0 Å². The average molecular weight is 361 g/mol. The van der Waals surface area contributed by atoms with E-state index >= 15 is 0 Å². The summed E-state index contributed by atoms with van der Waals surface area (Å²) in [5.74, 6) is 0. The van der Waals surface area contributed by atoms with Crippen LogP contribution in [0.4, 0.5) is 0 Å². The maximum absolute atomic E-state index is 7.10. The van der Waals surface area contributed by atoms with Crippen LogP contribution in [0.5, 0.6) is 0 Å². The Kier molecular flexibility index (Phi) is 4.72. The van der Waals surface area contributed by atoms with Crippen molar-refractivity contribution in [3.63, 3.8) is 0 Å². The molecule has 3 aromatic rings. The van der Waals surface area contributed by atoms with Gasteiger partial charge in [0.15, 0.2) is 0 Å². The summed E-state index contributed by atoms with van der Waals surface area (Å²) in [6.07, 6.45) is 2.56. The highest BCUT2D eigenvalue weighted by Crippen LogP contribution is 2.38. The lowest BCUT2D eigenvalue weighted by molar-refractivity contribution is 0.211. The van der Waals surface area contributed by atoms with Gasteiger partial charge in [0.2, 0.25) is 8.32 Å². The topological polar surface area (TPSA) is 9.23 Å². The van der Waals surface area contributed by atoms with Gasteiger partial charge < -0.3 is 4.43 Å². The molecule has 26 heavy (non-hydrogen) atoms. The maximum atomic E-state index is 7.10. The molecule has 3 aromatic carbocycles. The molecule has 1 aliphatic rings. The predicted octanol–water partition coefficient (Wildman–Crippen LogP) is 6.13. The van der Waals surface area contributed by atoms with Crippen LogP contribution in [0.3, 0.4) is 0 Å². The van der Waals surface area contributed by atoms with Crippen LogP contribution in [0, 0.1) is 0 Å². The Balaban J connectivity index is 1.76. The lowest BCUT2D eigenvalue weighted by Crippen LogP contribution is -2.57. The Hall–Kier alpha value is -1.90. The number of fused-ring (bicyclic) bond motifs is 2. The summed E-state index contributed by atoms with van der Waals surface area (Å²) in [5.41, 5.74) is 3.41. The third-order valence-electron chi connectivity index (χ3n) is 6.05. The van der Waals surface area contributed by atoms with Crippen LogP contribution in [0.2, 0.25) is 11.6 Å². The summed E-state index contributed by atoms with van der Waals surface area (Å²) in [4.78, 5) is 0. The molecule has 0 radical (unpaired) electrons. The molecule has 0 aromatic heterocycles. The molecule has 1 aliphatic heterocycles. The highest BCUT2D eigenvalue weighted by atomic mass is 28.4. The van der Waals surface area contributed by atoms with Crippen molar-refractivity contribution in [2.45, 2.75) is 51.3 Å². The minimum Gasteiger partial charge on any atom is -0.405 e. The van der Waals surface area contributed by atoms with Crippen molar-refractivity contribution in [3.8, 4) is 0 Å². The van der Waals surface area contributed by atoms with Crippen molar-refractivity contribution >= 4 is 24.3 Å². The first-order valence-electron chi connectivity index (χ1n) is 9.86. The second-order valence-electron chi connectivity index (χ2n) is 7.88. The third-order valence-corrected chi connectivity index (χ3v) is 11.2. The van der Waals surface area contributed by atoms with E-state index < -0.39 is 8.32 Å². The summed E-state index contributed by atoms with van der Waals surface area (Å²) >= 11 is 0. The van der Waals surface area contributed by atoms with E-state index in [-0.39, 0.29) is 6.10 Å². The van der Waals surface area contributed by atoms with Gasteiger partial charge in [0.05, 0.1) is 6.10 Å². The molecule has 0 fully saturated rings. The molecule has 0 amide bonds. The molecule has 1 nitrogen and oxygen atoms in total. The molecule has 0 spiro atoms. The van der Waals surface area contributed by atoms with Gasteiger partial charge in [-0.05, 0) is 58.4 Å². The average Bonchev–Trinajstić information content (AvgIpc) is 2.67. The molecule has 0 aliphatic carbocycles. The molecule has 4 rings (SSSR count). The zero-order chi connectivity index (χ0) is 18.1. The highest BCUT2D eigenvalue weighted by Gasteiger charge is 2.45. The predicted molar refractivity (Wildman–Crippen MR) is 114 cm³/mol. The smallest absolute Gasteiger partial charge is 0.227 e. The van der Waals surface area contributed by atoms with E-state index in [9.17, 15) is 0 Å². The zero-order valence-electron chi connectivity index (χ0n) is 16.0. The molecular weight excluding hydrogens is 332 g/mol. The SMILES string of the molecule is CC(C)[Si@@]1(O[C@@H](C)c2cccc3ccccc23)CCCc2ccccc21. The van der Waals surface area contributed by atoms with Gasteiger partial charge in [0.1, 0.15) is 0 Å². The van der Waals surface area contributed by atoms with Gasteiger partial charge >= 0.3 is 0 Å². The summed E-state index contributed by atoms with van der Waals surface area (Å²) in [7, 11) is -2.01. The number of aryl methyl sites for hydroxylation is 1. The van der Waals surface area contributed by atoms with Crippen molar-refractivity contribution in [3.05, 3.63) is 77.9 Å². The van der Waals surface area contributed by atoms with Crippen LogP contribution < -0.4 is 5.19 Å². The van der Waals surface area contributed by atoms with Crippen molar-refractivity contribution in [1.29, 1.82) is 0 Å². The van der Waals surface area contributed by atoms with Crippen LogP contribution in [-0.2, 0) is 10.8 Å². The van der Waals surface area contributed by atoms with Gasteiger partial charge in [-0.25, -0.2) is 0 Å². The third kappa shape index (κ3) is 2.91.